The third-order valence-electron chi connectivity index (χ3n) is 6.56. The van der Waals surface area contributed by atoms with Gasteiger partial charge in [-0.25, -0.2) is 4.52 Å². The quantitative estimate of drug-likeness (QED) is 0.248. The Kier molecular flexibility index (Phi) is 7.10. The Morgan fingerprint density at radius 1 is 0.974 bits per heavy atom. The van der Waals surface area contributed by atoms with Crippen LogP contribution in [-0.4, -0.2) is 20.3 Å². The molecule has 0 bridgehead atoms. The Hall–Kier alpha value is -4.63. The first-order chi connectivity index (χ1) is 18.5. The maximum Gasteiger partial charge on any atom is 0.262 e. The van der Waals surface area contributed by atoms with Gasteiger partial charge < -0.3 is 4.74 Å². The average molecular weight is 503 g/mol. The summed E-state index contributed by atoms with van der Waals surface area (Å²) in [4.78, 5) is 14.1. The number of rotatable bonds is 8. The molecule has 38 heavy (non-hydrogen) atoms. The van der Waals surface area contributed by atoms with Crippen molar-refractivity contribution >= 4 is 5.65 Å². The molecule has 6 nitrogen and oxygen atoms in total. The van der Waals surface area contributed by atoms with Crippen LogP contribution in [-0.2, 0) is 12.8 Å². The maximum atomic E-state index is 14.1. The minimum Gasteiger partial charge on any atom is -0.491 e. The zero-order valence-corrected chi connectivity index (χ0v) is 21.9. The third-order valence-corrected chi connectivity index (χ3v) is 6.56. The SMILES string of the molecule is CCCc1c(Cc2ccc(-c3ccccc3C#N)cc2)c(=O)n(-c2ccc(OC(C)C)cc2)c2ccnn12. The first kappa shape index (κ1) is 25.0. The van der Waals surface area contributed by atoms with Crippen molar-refractivity contribution in [3.63, 3.8) is 0 Å². The minimum atomic E-state index is -0.0436. The topological polar surface area (TPSA) is 72.3 Å². The summed E-state index contributed by atoms with van der Waals surface area (Å²) in [5.41, 5.74) is 6.68. The standard InChI is InChI=1S/C32H30N4O2/c1-4-7-30-29(20-23-10-12-24(13-11-23)28-9-6-5-8-25(28)21-33)32(37)35(31-18-19-34-36(30)31)26-14-16-27(17-15-26)38-22(2)3/h5-6,8-19,22H,4,7,20H2,1-3H3. The molecule has 5 aromatic rings. The van der Waals surface area contributed by atoms with Gasteiger partial charge in [0.05, 0.1) is 35.3 Å². The molecule has 0 radical (unpaired) electrons. The molecule has 0 aliphatic rings. The summed E-state index contributed by atoms with van der Waals surface area (Å²) in [5.74, 6) is 0.766. The number of hydrogen-bond donors (Lipinski definition) is 0. The van der Waals surface area contributed by atoms with Crippen LogP contribution in [0.15, 0.2) is 89.9 Å². The first-order valence-electron chi connectivity index (χ1n) is 13.0. The number of nitriles is 1. The minimum absolute atomic E-state index is 0.0436. The Morgan fingerprint density at radius 3 is 2.39 bits per heavy atom. The molecular weight excluding hydrogens is 472 g/mol. The lowest BCUT2D eigenvalue weighted by Crippen LogP contribution is -2.28. The number of ether oxygens (including phenoxy) is 1. The third kappa shape index (κ3) is 4.83. The molecule has 0 saturated heterocycles. The van der Waals surface area contributed by atoms with Gasteiger partial charge in [0.1, 0.15) is 11.4 Å². The number of nitrogens with zero attached hydrogens (tertiary/aromatic N) is 4. The molecule has 0 aliphatic carbocycles. The molecule has 0 N–H and O–H groups in total. The largest absolute Gasteiger partial charge is 0.491 e. The van der Waals surface area contributed by atoms with Crippen molar-refractivity contribution < 1.29 is 4.74 Å². The van der Waals surface area contributed by atoms with Crippen molar-refractivity contribution in [3.8, 4) is 28.6 Å². The van der Waals surface area contributed by atoms with E-state index >= 15 is 0 Å². The lowest BCUT2D eigenvalue weighted by atomic mass is 9.97. The highest BCUT2D eigenvalue weighted by Crippen LogP contribution is 2.25. The van der Waals surface area contributed by atoms with E-state index in [-0.39, 0.29) is 11.7 Å². The van der Waals surface area contributed by atoms with Crippen LogP contribution in [0, 0.1) is 11.3 Å². The highest BCUT2D eigenvalue weighted by Gasteiger charge is 2.19. The lowest BCUT2D eigenvalue weighted by Gasteiger charge is -2.17. The monoisotopic (exact) mass is 502 g/mol. The normalized spacial score (nSPS) is 11.1. The van der Waals surface area contributed by atoms with Crippen LogP contribution in [0.3, 0.4) is 0 Å². The highest BCUT2D eigenvalue weighted by molar-refractivity contribution is 5.70. The molecule has 190 valence electrons. The van der Waals surface area contributed by atoms with Gasteiger partial charge in [-0.05, 0) is 67.3 Å². The van der Waals surface area contributed by atoms with E-state index in [4.69, 9.17) is 4.74 Å². The van der Waals surface area contributed by atoms with Gasteiger partial charge in [-0.3, -0.25) is 9.36 Å². The van der Waals surface area contributed by atoms with Crippen LogP contribution < -0.4 is 10.3 Å². The molecule has 6 heteroatoms. The van der Waals surface area contributed by atoms with E-state index in [9.17, 15) is 10.1 Å². The lowest BCUT2D eigenvalue weighted by molar-refractivity contribution is 0.242. The molecule has 0 spiro atoms. The molecule has 2 aromatic heterocycles. The summed E-state index contributed by atoms with van der Waals surface area (Å²) in [6, 6.07) is 27.4. The van der Waals surface area contributed by atoms with Gasteiger partial charge in [0, 0.05) is 18.1 Å². The van der Waals surface area contributed by atoms with Crippen molar-refractivity contribution in [2.75, 3.05) is 0 Å². The van der Waals surface area contributed by atoms with Crippen LogP contribution in [0.5, 0.6) is 5.75 Å². The Morgan fingerprint density at radius 2 is 1.71 bits per heavy atom. The van der Waals surface area contributed by atoms with Gasteiger partial charge in [-0.1, -0.05) is 55.8 Å². The summed E-state index contributed by atoms with van der Waals surface area (Å²) in [6.45, 7) is 6.09. The molecule has 3 aromatic carbocycles. The van der Waals surface area contributed by atoms with Gasteiger partial charge in [0.25, 0.3) is 5.56 Å². The molecule has 2 heterocycles. The van der Waals surface area contributed by atoms with Crippen molar-refractivity contribution in [1.82, 2.24) is 14.2 Å². The Labute approximate surface area is 222 Å². The van der Waals surface area contributed by atoms with Gasteiger partial charge in [-0.15, -0.1) is 0 Å². The molecule has 0 amide bonds. The number of aryl methyl sites for hydroxylation is 1. The average Bonchev–Trinajstić information content (AvgIpc) is 3.41. The molecule has 0 saturated carbocycles. The summed E-state index contributed by atoms with van der Waals surface area (Å²) in [5, 5.41) is 14.1. The fraction of sp³-hybridized carbons (Fsp3) is 0.219. The molecular formula is C32H30N4O2. The summed E-state index contributed by atoms with van der Waals surface area (Å²) >= 11 is 0. The molecule has 0 fully saturated rings. The van der Waals surface area contributed by atoms with Crippen molar-refractivity contribution in [2.24, 2.45) is 0 Å². The van der Waals surface area contributed by atoms with Gasteiger partial charge in [0.15, 0.2) is 0 Å². The van der Waals surface area contributed by atoms with E-state index < -0.39 is 0 Å². The number of benzene rings is 3. The van der Waals surface area contributed by atoms with E-state index in [0.29, 0.717) is 12.0 Å². The smallest absolute Gasteiger partial charge is 0.262 e. The zero-order valence-electron chi connectivity index (χ0n) is 21.9. The maximum absolute atomic E-state index is 14.1. The summed E-state index contributed by atoms with van der Waals surface area (Å²) in [7, 11) is 0. The number of aromatic nitrogens is 3. The Balaban J connectivity index is 1.58. The van der Waals surface area contributed by atoms with Gasteiger partial charge in [-0.2, -0.15) is 10.4 Å². The second-order valence-electron chi connectivity index (χ2n) is 9.61. The van der Waals surface area contributed by atoms with E-state index in [2.05, 4.69) is 18.1 Å². The molecule has 0 aliphatic heterocycles. The predicted molar refractivity (Wildman–Crippen MR) is 150 cm³/mol. The van der Waals surface area contributed by atoms with Gasteiger partial charge >= 0.3 is 0 Å². The van der Waals surface area contributed by atoms with Crippen molar-refractivity contribution in [1.29, 1.82) is 5.26 Å². The fourth-order valence-corrected chi connectivity index (χ4v) is 4.87. The van der Waals surface area contributed by atoms with Crippen LogP contribution in [0.25, 0.3) is 22.5 Å². The zero-order chi connectivity index (χ0) is 26.6. The highest BCUT2D eigenvalue weighted by atomic mass is 16.5. The molecule has 5 rings (SSSR count). The van der Waals surface area contributed by atoms with E-state index in [0.717, 1.165) is 57.9 Å². The number of fused-ring (bicyclic) bond motifs is 1. The van der Waals surface area contributed by atoms with E-state index in [1.807, 2.05) is 97.2 Å². The molecule has 0 atom stereocenters. The number of hydrogen-bond acceptors (Lipinski definition) is 4. The first-order valence-corrected chi connectivity index (χ1v) is 13.0. The van der Waals surface area contributed by atoms with Crippen LogP contribution in [0.1, 0.15) is 49.6 Å². The second-order valence-corrected chi connectivity index (χ2v) is 9.61. The molecule has 0 unspecified atom stereocenters. The van der Waals surface area contributed by atoms with Crippen molar-refractivity contribution in [3.05, 3.63) is 118 Å². The summed E-state index contributed by atoms with van der Waals surface area (Å²) < 4.78 is 9.43. The van der Waals surface area contributed by atoms with Gasteiger partial charge in [0.2, 0.25) is 0 Å². The Bertz CT molecular complexity index is 1670. The van der Waals surface area contributed by atoms with E-state index in [1.54, 1.807) is 10.8 Å². The van der Waals surface area contributed by atoms with E-state index in [1.165, 1.54) is 0 Å². The fourth-order valence-electron chi connectivity index (χ4n) is 4.87. The summed E-state index contributed by atoms with van der Waals surface area (Å²) in [6.07, 6.45) is 3.95. The second kappa shape index (κ2) is 10.8. The van der Waals surface area contributed by atoms with Crippen molar-refractivity contribution in [2.45, 2.75) is 46.1 Å². The van der Waals surface area contributed by atoms with Crippen LogP contribution in [0.2, 0.25) is 0 Å². The van der Waals surface area contributed by atoms with Crippen LogP contribution in [0.4, 0.5) is 0 Å². The van der Waals surface area contributed by atoms with Crippen LogP contribution >= 0.6 is 0 Å². The predicted octanol–water partition coefficient (Wildman–Crippen LogP) is 6.35.